The number of thiophene rings is 1. The Hall–Kier alpha value is -1.20. The fourth-order valence-corrected chi connectivity index (χ4v) is 2.33. The van der Waals surface area contributed by atoms with Gasteiger partial charge in [-0.25, -0.2) is 0 Å². The monoisotopic (exact) mass is 283 g/mol. The molecule has 0 atom stereocenters. The summed E-state index contributed by atoms with van der Waals surface area (Å²) >= 11 is 1.39. The van der Waals surface area contributed by atoms with Gasteiger partial charge in [-0.1, -0.05) is 19.9 Å². The maximum Gasteiger partial charge on any atom is 0.220 e. The number of amides is 1. The lowest BCUT2D eigenvalue weighted by molar-refractivity contribution is -0.122. The third-order valence-corrected chi connectivity index (χ3v) is 4.22. The van der Waals surface area contributed by atoms with Gasteiger partial charge in [-0.2, -0.15) is 0 Å². The summed E-state index contributed by atoms with van der Waals surface area (Å²) in [7, 11) is 0. The van der Waals surface area contributed by atoms with Crippen LogP contribution < -0.4 is 5.32 Å². The van der Waals surface area contributed by atoms with Crippen LogP contribution in [0.4, 0.5) is 0 Å². The van der Waals surface area contributed by atoms with Gasteiger partial charge in [0.25, 0.3) is 0 Å². The predicted octanol–water partition coefficient (Wildman–Crippen LogP) is 2.38. The van der Waals surface area contributed by atoms with Crippen molar-refractivity contribution in [2.45, 2.75) is 45.1 Å². The number of hydrogen-bond acceptors (Lipinski definition) is 4. The Bertz CT molecular complexity index is 410. The minimum atomic E-state index is -0.840. The molecular formula is C14H21NO3S. The summed E-state index contributed by atoms with van der Waals surface area (Å²) in [5.74, 6) is -0.198. The molecule has 0 spiro atoms. The minimum absolute atomic E-state index is 0.00797. The minimum Gasteiger partial charge on any atom is -0.388 e. The van der Waals surface area contributed by atoms with E-state index in [1.807, 2.05) is 25.3 Å². The average molecular weight is 283 g/mol. The molecule has 19 heavy (non-hydrogen) atoms. The molecule has 0 fully saturated rings. The Morgan fingerprint density at radius 3 is 2.53 bits per heavy atom. The number of rotatable bonds is 8. The van der Waals surface area contributed by atoms with Crippen LogP contribution >= 0.6 is 11.3 Å². The third kappa shape index (κ3) is 5.12. The van der Waals surface area contributed by atoms with Gasteiger partial charge < -0.3 is 10.4 Å². The van der Waals surface area contributed by atoms with Gasteiger partial charge in [-0.15, -0.1) is 11.3 Å². The highest BCUT2D eigenvalue weighted by molar-refractivity contribution is 7.12. The van der Waals surface area contributed by atoms with Gasteiger partial charge in [0, 0.05) is 19.4 Å². The van der Waals surface area contributed by atoms with Gasteiger partial charge >= 0.3 is 0 Å². The quantitative estimate of drug-likeness (QED) is 0.720. The number of carbonyl (C=O) groups excluding carboxylic acids is 2. The zero-order chi connectivity index (χ0) is 14.3. The van der Waals surface area contributed by atoms with Crippen LogP contribution in [0.5, 0.6) is 0 Å². The summed E-state index contributed by atoms with van der Waals surface area (Å²) < 4.78 is 0. The summed E-state index contributed by atoms with van der Waals surface area (Å²) in [6.07, 6.45) is 1.57. The highest BCUT2D eigenvalue weighted by Crippen LogP contribution is 2.14. The molecule has 0 aromatic carbocycles. The predicted molar refractivity (Wildman–Crippen MR) is 76.4 cm³/mol. The van der Waals surface area contributed by atoms with Crippen LogP contribution in [0.3, 0.4) is 0 Å². The number of aliphatic hydroxyl groups is 1. The second-order valence-corrected chi connectivity index (χ2v) is 5.56. The van der Waals surface area contributed by atoms with E-state index in [2.05, 4.69) is 5.32 Å². The lowest BCUT2D eigenvalue weighted by Gasteiger charge is -2.25. The van der Waals surface area contributed by atoms with E-state index in [1.165, 1.54) is 11.3 Å². The van der Waals surface area contributed by atoms with Crippen molar-refractivity contribution in [1.29, 1.82) is 0 Å². The molecule has 1 amide bonds. The molecule has 0 aliphatic carbocycles. The zero-order valence-corrected chi connectivity index (χ0v) is 12.3. The van der Waals surface area contributed by atoms with Crippen molar-refractivity contribution in [1.82, 2.24) is 5.32 Å². The molecule has 1 aromatic heterocycles. The number of hydrogen-bond donors (Lipinski definition) is 2. The lowest BCUT2D eigenvalue weighted by atomic mass is 9.97. The van der Waals surface area contributed by atoms with E-state index in [0.29, 0.717) is 17.7 Å². The second-order valence-electron chi connectivity index (χ2n) is 4.61. The molecule has 106 valence electrons. The smallest absolute Gasteiger partial charge is 0.220 e. The molecule has 0 radical (unpaired) electrons. The van der Waals surface area contributed by atoms with Crippen LogP contribution in [0.15, 0.2) is 17.5 Å². The van der Waals surface area contributed by atoms with E-state index in [0.717, 1.165) is 0 Å². The number of nitrogens with one attached hydrogen (secondary N) is 1. The fraction of sp³-hybridized carbons (Fsp3) is 0.571. The van der Waals surface area contributed by atoms with Gasteiger partial charge in [0.05, 0.1) is 10.5 Å². The van der Waals surface area contributed by atoms with E-state index in [1.54, 1.807) is 6.07 Å². The Kier molecular flexibility index (Phi) is 6.18. The molecule has 2 N–H and O–H groups in total. The molecule has 5 heteroatoms. The molecular weight excluding hydrogens is 262 g/mol. The summed E-state index contributed by atoms with van der Waals surface area (Å²) in [5.41, 5.74) is -0.840. The van der Waals surface area contributed by atoms with Gasteiger partial charge in [-0.3, -0.25) is 9.59 Å². The Labute approximate surface area is 117 Å². The molecule has 0 aliphatic heterocycles. The molecule has 0 saturated heterocycles. The van der Waals surface area contributed by atoms with Crippen LogP contribution in [-0.4, -0.2) is 28.9 Å². The largest absolute Gasteiger partial charge is 0.388 e. The molecule has 1 aromatic rings. The molecule has 0 saturated carbocycles. The van der Waals surface area contributed by atoms with E-state index in [4.69, 9.17) is 0 Å². The summed E-state index contributed by atoms with van der Waals surface area (Å²) in [5, 5.41) is 14.6. The zero-order valence-electron chi connectivity index (χ0n) is 11.4. The van der Waals surface area contributed by atoms with Gasteiger partial charge in [-0.05, 0) is 24.3 Å². The summed E-state index contributed by atoms with van der Waals surface area (Å²) in [6, 6.07) is 3.58. The van der Waals surface area contributed by atoms with Crippen LogP contribution in [0, 0.1) is 0 Å². The van der Waals surface area contributed by atoms with Crippen molar-refractivity contribution in [3.63, 3.8) is 0 Å². The van der Waals surface area contributed by atoms with Crippen molar-refractivity contribution in [2.75, 3.05) is 6.54 Å². The van der Waals surface area contributed by atoms with E-state index in [9.17, 15) is 14.7 Å². The van der Waals surface area contributed by atoms with Crippen LogP contribution in [0.25, 0.3) is 0 Å². The van der Waals surface area contributed by atoms with Crippen LogP contribution in [0.1, 0.15) is 49.2 Å². The van der Waals surface area contributed by atoms with Crippen molar-refractivity contribution in [3.05, 3.63) is 22.4 Å². The van der Waals surface area contributed by atoms with Gasteiger partial charge in [0.2, 0.25) is 5.91 Å². The Morgan fingerprint density at radius 2 is 2.00 bits per heavy atom. The average Bonchev–Trinajstić information content (AvgIpc) is 2.96. The number of ketones is 1. The second kappa shape index (κ2) is 7.40. The topological polar surface area (TPSA) is 66.4 Å². The Balaban J connectivity index is 2.30. The van der Waals surface area contributed by atoms with Crippen molar-refractivity contribution in [2.24, 2.45) is 0 Å². The molecule has 1 rings (SSSR count). The number of Topliss-reactive ketones (excluding diaryl/α,β-unsaturated/α-hetero) is 1. The SMILES string of the molecule is CCC(O)(CC)CNC(=O)CCC(=O)c1cccs1. The van der Waals surface area contributed by atoms with E-state index < -0.39 is 5.60 Å². The summed E-state index contributed by atoms with van der Waals surface area (Å²) in [6.45, 7) is 4.01. The molecule has 0 bridgehead atoms. The standard InChI is InChI=1S/C14H21NO3S/c1-3-14(18,4-2)10-15-13(17)8-7-11(16)12-6-5-9-19-12/h5-6,9,18H,3-4,7-8,10H2,1-2H3,(H,15,17). The first kappa shape index (κ1) is 15.9. The third-order valence-electron chi connectivity index (χ3n) is 3.31. The van der Waals surface area contributed by atoms with Gasteiger partial charge in [0.1, 0.15) is 0 Å². The maximum atomic E-state index is 11.7. The highest BCUT2D eigenvalue weighted by Gasteiger charge is 2.22. The van der Waals surface area contributed by atoms with Crippen molar-refractivity contribution < 1.29 is 14.7 Å². The van der Waals surface area contributed by atoms with Crippen LogP contribution in [-0.2, 0) is 4.79 Å². The first-order chi connectivity index (χ1) is 9.00. The molecule has 0 aliphatic rings. The first-order valence-electron chi connectivity index (χ1n) is 6.56. The van der Waals surface area contributed by atoms with Crippen molar-refractivity contribution in [3.8, 4) is 0 Å². The molecule has 1 heterocycles. The maximum absolute atomic E-state index is 11.7. The molecule has 4 nitrogen and oxygen atoms in total. The van der Waals surface area contributed by atoms with Crippen LogP contribution in [0.2, 0.25) is 0 Å². The van der Waals surface area contributed by atoms with Crippen molar-refractivity contribution >= 4 is 23.0 Å². The normalized spacial score (nSPS) is 11.3. The molecule has 0 unspecified atom stereocenters. The fourth-order valence-electron chi connectivity index (χ4n) is 1.64. The summed E-state index contributed by atoms with van der Waals surface area (Å²) in [4.78, 5) is 24.0. The van der Waals surface area contributed by atoms with Gasteiger partial charge in [0.15, 0.2) is 5.78 Å². The first-order valence-corrected chi connectivity index (χ1v) is 7.44. The number of carbonyl (C=O) groups is 2. The van der Waals surface area contributed by atoms with E-state index >= 15 is 0 Å². The Morgan fingerprint density at radius 1 is 1.32 bits per heavy atom. The highest BCUT2D eigenvalue weighted by atomic mass is 32.1. The van der Waals surface area contributed by atoms with E-state index in [-0.39, 0.29) is 31.1 Å². The lowest BCUT2D eigenvalue weighted by Crippen LogP contribution is -2.42.